The van der Waals surface area contributed by atoms with E-state index in [0.717, 1.165) is 23.0 Å². The Bertz CT molecular complexity index is 822. The maximum Gasteiger partial charge on any atom is 0.573 e. The van der Waals surface area contributed by atoms with Gasteiger partial charge in [-0.1, -0.05) is 28.4 Å². The molecular weight excluding hydrogens is 420 g/mol. The van der Waals surface area contributed by atoms with Crippen LogP contribution in [-0.2, 0) is 11.2 Å². The average Bonchev–Trinajstić information content (AvgIpc) is 2.81. The Morgan fingerprint density at radius 3 is 2.46 bits per heavy atom. The average molecular weight is 431 g/mol. The first-order valence-corrected chi connectivity index (χ1v) is 8.86. The van der Waals surface area contributed by atoms with E-state index in [9.17, 15) is 17.7 Å². The highest BCUT2D eigenvalue weighted by molar-refractivity contribution is 7.91. The molecule has 0 aliphatic rings. The van der Waals surface area contributed by atoms with Crippen molar-refractivity contribution in [2.24, 2.45) is 5.16 Å². The number of anilines is 1. The number of aromatic nitrogens is 2. The number of nitrogens with zero attached hydrogens (tertiary/aromatic N) is 3. The third-order valence-electron chi connectivity index (χ3n) is 3.01. The van der Waals surface area contributed by atoms with Gasteiger partial charge in [0.25, 0.3) is 0 Å². The van der Waals surface area contributed by atoms with Crippen LogP contribution in [-0.4, -0.2) is 37.9 Å². The lowest BCUT2D eigenvalue weighted by Gasteiger charge is -2.13. The second-order valence-electron chi connectivity index (χ2n) is 4.67. The van der Waals surface area contributed by atoms with Gasteiger partial charge in [0.15, 0.2) is 11.5 Å². The molecule has 1 unspecified atom stereocenters. The van der Waals surface area contributed by atoms with Crippen molar-refractivity contribution in [3.05, 3.63) is 27.9 Å². The maximum absolute atomic E-state index is 12.3. The van der Waals surface area contributed by atoms with Crippen molar-refractivity contribution in [1.82, 2.24) is 9.78 Å². The molecule has 0 fully saturated rings. The maximum atomic E-state index is 12.3. The van der Waals surface area contributed by atoms with Crippen LogP contribution in [0.1, 0.15) is 12.6 Å². The lowest BCUT2D eigenvalue weighted by Crippen LogP contribution is -2.17. The number of oxime groups is 1. The molecule has 1 aromatic carbocycles. The number of hydrogen-bond acceptors (Lipinski definition) is 6. The molecule has 0 bridgehead atoms. The monoisotopic (exact) mass is 430 g/mol. The van der Waals surface area contributed by atoms with Crippen LogP contribution in [0.3, 0.4) is 0 Å². The summed E-state index contributed by atoms with van der Waals surface area (Å²) < 4.78 is 54.0. The minimum atomic E-state index is -4.92. The molecule has 2 rings (SSSR count). The van der Waals surface area contributed by atoms with E-state index < -0.39 is 23.3 Å². The standard InChI is InChI=1S/C13H11Cl2F3N4O3S/c1-2-26(24)11-9(5-20-23)21-22(12(11)19)10-7(14)3-6(4-8(10)15)25-13(16,17)18/h3-5,23H,2,19H2,1H3. The van der Waals surface area contributed by atoms with Gasteiger partial charge in [0.1, 0.15) is 17.2 Å². The molecule has 0 saturated carbocycles. The Labute approximate surface area is 158 Å². The van der Waals surface area contributed by atoms with Crippen LogP contribution in [0.2, 0.25) is 10.0 Å². The first-order chi connectivity index (χ1) is 12.1. The second-order valence-corrected chi connectivity index (χ2v) is 7.16. The van der Waals surface area contributed by atoms with Crippen molar-refractivity contribution in [2.75, 3.05) is 11.5 Å². The number of alkyl halides is 3. The third kappa shape index (κ3) is 4.29. The van der Waals surface area contributed by atoms with E-state index in [1.807, 2.05) is 0 Å². The fraction of sp³-hybridized carbons (Fsp3) is 0.231. The minimum absolute atomic E-state index is 0.00654. The van der Waals surface area contributed by atoms with Crippen LogP contribution >= 0.6 is 23.2 Å². The number of rotatable bonds is 5. The molecule has 3 N–H and O–H groups in total. The van der Waals surface area contributed by atoms with Crippen molar-refractivity contribution in [3.8, 4) is 11.4 Å². The Kier molecular flexibility index (Phi) is 6.17. The van der Waals surface area contributed by atoms with Crippen LogP contribution in [0.4, 0.5) is 19.0 Å². The number of halogens is 5. The number of nitrogen functional groups attached to an aromatic ring is 1. The molecule has 0 aliphatic heterocycles. The van der Waals surface area contributed by atoms with E-state index in [4.69, 9.17) is 34.1 Å². The Morgan fingerprint density at radius 1 is 1.42 bits per heavy atom. The van der Waals surface area contributed by atoms with Gasteiger partial charge in [-0.15, -0.1) is 13.2 Å². The number of hydrogen-bond donors (Lipinski definition) is 2. The van der Waals surface area contributed by atoms with Gasteiger partial charge < -0.3 is 20.2 Å². The minimum Gasteiger partial charge on any atom is -0.611 e. The largest absolute Gasteiger partial charge is 0.611 e. The van der Waals surface area contributed by atoms with E-state index >= 15 is 0 Å². The summed E-state index contributed by atoms with van der Waals surface area (Å²) in [5.41, 5.74) is 5.90. The molecular formula is C13H11Cl2F3N4O3S. The molecule has 2 aromatic rings. The zero-order chi connectivity index (χ0) is 19.6. The van der Waals surface area contributed by atoms with Gasteiger partial charge in [-0.2, -0.15) is 5.10 Å². The van der Waals surface area contributed by atoms with Gasteiger partial charge in [0.05, 0.1) is 16.3 Å². The van der Waals surface area contributed by atoms with Crippen molar-refractivity contribution < 1.29 is 27.7 Å². The predicted octanol–water partition coefficient (Wildman–Crippen LogP) is 3.60. The van der Waals surface area contributed by atoms with E-state index in [1.165, 1.54) is 0 Å². The quantitative estimate of drug-likeness (QED) is 0.326. The summed E-state index contributed by atoms with van der Waals surface area (Å²) >= 11 is 10.5. The molecule has 1 aromatic heterocycles. The zero-order valence-corrected chi connectivity index (χ0v) is 15.2. The molecule has 0 radical (unpaired) electrons. The molecule has 0 saturated heterocycles. The lowest BCUT2D eigenvalue weighted by atomic mass is 10.3. The summed E-state index contributed by atoms with van der Waals surface area (Å²) in [4.78, 5) is 0.0769. The molecule has 1 heterocycles. The van der Waals surface area contributed by atoms with Gasteiger partial charge in [0, 0.05) is 12.1 Å². The molecule has 0 amide bonds. The zero-order valence-electron chi connectivity index (χ0n) is 12.9. The van der Waals surface area contributed by atoms with Crippen LogP contribution in [0.15, 0.2) is 22.2 Å². The second kappa shape index (κ2) is 7.82. The van der Waals surface area contributed by atoms with Gasteiger partial charge in [-0.3, -0.25) is 0 Å². The summed E-state index contributed by atoms with van der Waals surface area (Å²) in [6, 6.07) is 1.77. The molecule has 142 valence electrons. The highest BCUT2D eigenvalue weighted by Gasteiger charge is 2.32. The highest BCUT2D eigenvalue weighted by atomic mass is 35.5. The summed E-state index contributed by atoms with van der Waals surface area (Å²) in [6.07, 6.45) is -4.01. The highest BCUT2D eigenvalue weighted by Crippen LogP contribution is 2.37. The first-order valence-electron chi connectivity index (χ1n) is 6.78. The summed E-state index contributed by atoms with van der Waals surface area (Å²) in [5, 5.41) is 15.1. The van der Waals surface area contributed by atoms with Crippen LogP contribution in [0, 0.1) is 0 Å². The molecule has 7 nitrogen and oxygen atoms in total. The van der Waals surface area contributed by atoms with Crippen molar-refractivity contribution in [1.29, 1.82) is 0 Å². The normalized spacial score (nSPS) is 13.3. The van der Waals surface area contributed by atoms with Gasteiger partial charge in [-0.05, 0) is 18.1 Å². The van der Waals surface area contributed by atoms with Crippen LogP contribution in [0.5, 0.6) is 5.75 Å². The fourth-order valence-corrected chi connectivity index (χ4v) is 3.62. The van der Waals surface area contributed by atoms with E-state index in [0.29, 0.717) is 0 Å². The Balaban J connectivity index is 2.62. The van der Waals surface area contributed by atoms with E-state index in [2.05, 4.69) is 15.0 Å². The number of ether oxygens (including phenoxy) is 1. The lowest BCUT2D eigenvalue weighted by molar-refractivity contribution is -0.274. The van der Waals surface area contributed by atoms with Gasteiger partial charge in [-0.25, -0.2) is 4.68 Å². The molecule has 13 heteroatoms. The summed E-state index contributed by atoms with van der Waals surface area (Å²) in [5.74, 6) is -0.549. The van der Waals surface area contributed by atoms with Crippen LogP contribution < -0.4 is 10.5 Å². The van der Waals surface area contributed by atoms with Crippen molar-refractivity contribution in [3.63, 3.8) is 0 Å². The molecule has 26 heavy (non-hydrogen) atoms. The van der Waals surface area contributed by atoms with Crippen LogP contribution in [0.25, 0.3) is 5.69 Å². The molecule has 0 aliphatic carbocycles. The van der Waals surface area contributed by atoms with E-state index in [-0.39, 0.29) is 37.9 Å². The summed E-state index contributed by atoms with van der Waals surface area (Å²) in [6.45, 7) is 1.63. The number of nitrogens with two attached hydrogens (primary N) is 1. The first kappa shape index (κ1) is 20.5. The Hall–Kier alpha value is -1.82. The fourth-order valence-electron chi connectivity index (χ4n) is 2.06. The SMILES string of the molecule is CC[S+]([O-])c1c(C=NO)nn(-c2c(Cl)cc(OC(F)(F)F)cc2Cl)c1N. The van der Waals surface area contributed by atoms with Crippen molar-refractivity contribution in [2.45, 2.75) is 18.2 Å². The Morgan fingerprint density at radius 2 is 2.00 bits per heavy atom. The third-order valence-corrected chi connectivity index (χ3v) is 4.98. The molecule has 0 spiro atoms. The summed E-state index contributed by atoms with van der Waals surface area (Å²) in [7, 11) is 0. The van der Waals surface area contributed by atoms with Crippen molar-refractivity contribution >= 4 is 46.4 Å². The number of benzene rings is 1. The predicted molar refractivity (Wildman–Crippen MR) is 91.0 cm³/mol. The smallest absolute Gasteiger partial charge is 0.573 e. The van der Waals surface area contributed by atoms with E-state index in [1.54, 1.807) is 6.92 Å². The van der Waals surface area contributed by atoms with Gasteiger partial charge >= 0.3 is 6.36 Å². The molecule has 1 atom stereocenters. The topological polar surface area (TPSA) is 109 Å². The van der Waals surface area contributed by atoms with Gasteiger partial charge in [0.2, 0.25) is 4.90 Å².